The minimum absolute atomic E-state index is 0.0583. The average Bonchev–Trinajstić information content (AvgIpc) is 2.53. The van der Waals surface area contributed by atoms with E-state index in [9.17, 15) is 13.9 Å². The highest BCUT2D eigenvalue weighted by Crippen LogP contribution is 2.34. The van der Waals surface area contributed by atoms with Crippen molar-refractivity contribution in [2.45, 2.75) is 77.4 Å². The van der Waals surface area contributed by atoms with Gasteiger partial charge < -0.3 is 5.11 Å². The molecule has 1 atom stereocenters. The minimum Gasteiger partial charge on any atom is -0.393 e. The first-order chi connectivity index (χ1) is 12.0. The molecule has 0 amide bonds. The second-order valence-electron chi connectivity index (χ2n) is 8.63. The van der Waals surface area contributed by atoms with Crippen LogP contribution in [0.5, 0.6) is 0 Å². The summed E-state index contributed by atoms with van der Waals surface area (Å²) in [6.45, 7) is 11.3. The number of aliphatic hydroxyl groups excluding tert-OH is 1. The first-order valence-corrected chi connectivity index (χ1v) is 9.55. The minimum atomic E-state index is -2.80. The van der Waals surface area contributed by atoms with Crippen molar-refractivity contribution in [3.63, 3.8) is 0 Å². The Balaban J connectivity index is 2.18. The van der Waals surface area contributed by atoms with Crippen LogP contribution in [0.2, 0.25) is 0 Å². The number of nitrogens with zero attached hydrogens (tertiary/aromatic N) is 1. The molecule has 146 valence electrons. The predicted molar refractivity (Wildman–Crippen MR) is 104 cm³/mol. The van der Waals surface area contributed by atoms with Gasteiger partial charge in [0.1, 0.15) is 0 Å². The number of allylic oxidation sites excluding steroid dienone is 1. The van der Waals surface area contributed by atoms with Crippen molar-refractivity contribution < 1.29 is 13.9 Å². The fourth-order valence-electron chi connectivity index (χ4n) is 3.75. The van der Waals surface area contributed by atoms with Crippen LogP contribution in [0.4, 0.5) is 8.78 Å². The van der Waals surface area contributed by atoms with Crippen molar-refractivity contribution in [3.05, 3.63) is 47.0 Å². The maximum atomic E-state index is 13.5. The summed E-state index contributed by atoms with van der Waals surface area (Å²) < 4.78 is 27.0. The van der Waals surface area contributed by atoms with E-state index in [0.29, 0.717) is 0 Å². The van der Waals surface area contributed by atoms with Crippen molar-refractivity contribution in [1.82, 2.24) is 4.90 Å². The van der Waals surface area contributed by atoms with Gasteiger partial charge in [-0.25, -0.2) is 8.78 Å². The second kappa shape index (κ2) is 8.18. The molecule has 0 aromatic heterocycles. The van der Waals surface area contributed by atoms with Gasteiger partial charge in [0.2, 0.25) is 0 Å². The van der Waals surface area contributed by atoms with Gasteiger partial charge in [-0.05, 0) is 44.1 Å². The van der Waals surface area contributed by atoms with E-state index >= 15 is 0 Å². The van der Waals surface area contributed by atoms with E-state index in [1.807, 2.05) is 12.1 Å². The molecule has 0 spiro atoms. The average molecular weight is 366 g/mol. The van der Waals surface area contributed by atoms with Crippen LogP contribution < -0.4 is 0 Å². The van der Waals surface area contributed by atoms with E-state index in [4.69, 9.17) is 0 Å². The Bertz CT molecular complexity index is 604. The maximum absolute atomic E-state index is 13.5. The van der Waals surface area contributed by atoms with Gasteiger partial charge in [-0.15, -0.1) is 0 Å². The zero-order chi connectivity index (χ0) is 19.5. The molecule has 1 aliphatic rings. The Morgan fingerprint density at radius 2 is 1.62 bits per heavy atom. The molecule has 26 heavy (non-hydrogen) atoms. The quantitative estimate of drug-likeness (QED) is 0.695. The van der Waals surface area contributed by atoms with Crippen molar-refractivity contribution >= 4 is 0 Å². The summed E-state index contributed by atoms with van der Waals surface area (Å²) in [5.74, 6) is -2.80. The lowest BCUT2D eigenvalue weighted by molar-refractivity contribution is 0.0174. The molecule has 0 saturated carbocycles. The third kappa shape index (κ3) is 5.62. The van der Waals surface area contributed by atoms with E-state index in [-0.39, 0.29) is 23.1 Å². The van der Waals surface area contributed by atoms with Crippen LogP contribution in [-0.4, -0.2) is 35.2 Å². The summed E-state index contributed by atoms with van der Waals surface area (Å²) in [4.78, 5) is 2.44. The van der Waals surface area contributed by atoms with Gasteiger partial charge in [0.05, 0.1) is 6.10 Å². The maximum Gasteiger partial charge on any atom is 0.270 e. The van der Waals surface area contributed by atoms with Crippen LogP contribution in [0, 0.1) is 0 Å². The standard InChI is InChI=1S/C22H33F2NO/c1-16(2)14-19(25-12-10-20(26)11-13-25)15-21(3,4)17-6-8-18(9-7-17)22(5,23)24/h6-9,14,19-20,26H,10-13,15H2,1-5H3. The SMILES string of the molecule is CC(C)=CC(CC(C)(C)c1ccc(C(C)(F)F)cc1)N1CCC(O)CC1. The molecule has 0 bridgehead atoms. The summed E-state index contributed by atoms with van der Waals surface area (Å²) in [5, 5.41) is 9.79. The number of likely N-dealkylation sites (tertiary alicyclic amines) is 1. The molecular weight excluding hydrogens is 332 g/mol. The summed E-state index contributed by atoms with van der Waals surface area (Å²) in [6, 6.07) is 7.06. The van der Waals surface area contributed by atoms with Crippen molar-refractivity contribution in [1.29, 1.82) is 0 Å². The van der Waals surface area contributed by atoms with E-state index < -0.39 is 5.92 Å². The van der Waals surface area contributed by atoms with Crippen LogP contribution in [0.3, 0.4) is 0 Å². The van der Waals surface area contributed by atoms with Gasteiger partial charge in [-0.1, -0.05) is 49.8 Å². The van der Waals surface area contributed by atoms with E-state index in [0.717, 1.165) is 44.8 Å². The Morgan fingerprint density at radius 3 is 2.08 bits per heavy atom. The van der Waals surface area contributed by atoms with Gasteiger partial charge in [0, 0.05) is 31.6 Å². The highest BCUT2D eigenvalue weighted by Gasteiger charge is 2.31. The van der Waals surface area contributed by atoms with Crippen molar-refractivity contribution in [2.75, 3.05) is 13.1 Å². The molecule has 1 fully saturated rings. The molecule has 0 aliphatic carbocycles. The van der Waals surface area contributed by atoms with Gasteiger partial charge in [0.15, 0.2) is 0 Å². The smallest absolute Gasteiger partial charge is 0.270 e. The Morgan fingerprint density at radius 1 is 1.12 bits per heavy atom. The normalized spacial score (nSPS) is 18.6. The first-order valence-electron chi connectivity index (χ1n) is 9.55. The van der Waals surface area contributed by atoms with Crippen LogP contribution in [-0.2, 0) is 11.3 Å². The molecule has 2 rings (SSSR count). The molecule has 1 unspecified atom stereocenters. The van der Waals surface area contributed by atoms with Crippen LogP contribution >= 0.6 is 0 Å². The third-order valence-electron chi connectivity index (χ3n) is 5.39. The molecule has 1 aliphatic heterocycles. The van der Waals surface area contributed by atoms with Crippen molar-refractivity contribution in [2.24, 2.45) is 0 Å². The van der Waals surface area contributed by atoms with E-state index in [2.05, 4.69) is 38.7 Å². The predicted octanol–water partition coefficient (Wildman–Crippen LogP) is 5.26. The molecule has 1 heterocycles. The fourth-order valence-corrected chi connectivity index (χ4v) is 3.75. The highest BCUT2D eigenvalue weighted by atomic mass is 19.3. The summed E-state index contributed by atoms with van der Waals surface area (Å²) in [6.07, 6.45) is 4.65. The van der Waals surface area contributed by atoms with Gasteiger partial charge in [0.25, 0.3) is 5.92 Å². The molecule has 0 radical (unpaired) electrons. The van der Waals surface area contributed by atoms with E-state index in [1.54, 1.807) is 12.1 Å². The summed E-state index contributed by atoms with van der Waals surface area (Å²) >= 11 is 0. The van der Waals surface area contributed by atoms with Gasteiger partial charge in [-0.2, -0.15) is 0 Å². The number of alkyl halides is 2. The fraction of sp³-hybridized carbons (Fsp3) is 0.636. The molecule has 1 saturated heterocycles. The third-order valence-corrected chi connectivity index (χ3v) is 5.39. The molecule has 1 aromatic rings. The van der Waals surface area contributed by atoms with E-state index in [1.165, 1.54) is 5.57 Å². The number of piperidine rings is 1. The van der Waals surface area contributed by atoms with Gasteiger partial charge >= 0.3 is 0 Å². The Labute approximate surface area is 156 Å². The lowest BCUT2D eigenvalue weighted by atomic mass is 9.78. The molecule has 1 aromatic carbocycles. The molecular formula is C22H33F2NO. The lowest BCUT2D eigenvalue weighted by Gasteiger charge is -2.39. The highest BCUT2D eigenvalue weighted by molar-refractivity contribution is 5.30. The topological polar surface area (TPSA) is 23.5 Å². The zero-order valence-corrected chi connectivity index (χ0v) is 16.7. The second-order valence-corrected chi connectivity index (χ2v) is 8.63. The number of aliphatic hydroxyl groups is 1. The Kier molecular flexibility index (Phi) is 6.62. The largest absolute Gasteiger partial charge is 0.393 e. The first kappa shape index (κ1) is 21.0. The number of hydrogen-bond donors (Lipinski definition) is 1. The van der Waals surface area contributed by atoms with Crippen molar-refractivity contribution in [3.8, 4) is 0 Å². The number of halogens is 2. The Hall–Kier alpha value is -1.26. The summed E-state index contributed by atoms with van der Waals surface area (Å²) in [5.41, 5.74) is 2.28. The van der Waals surface area contributed by atoms with Crippen LogP contribution in [0.1, 0.15) is 65.0 Å². The molecule has 4 heteroatoms. The zero-order valence-electron chi connectivity index (χ0n) is 16.7. The number of benzene rings is 1. The lowest BCUT2D eigenvalue weighted by Crippen LogP contribution is -2.44. The van der Waals surface area contributed by atoms with Gasteiger partial charge in [-0.3, -0.25) is 4.90 Å². The molecule has 2 nitrogen and oxygen atoms in total. The number of hydrogen-bond acceptors (Lipinski definition) is 2. The molecule has 1 N–H and O–H groups in total. The monoisotopic (exact) mass is 365 g/mol. The van der Waals surface area contributed by atoms with Crippen LogP contribution in [0.25, 0.3) is 0 Å². The summed E-state index contributed by atoms with van der Waals surface area (Å²) in [7, 11) is 0. The van der Waals surface area contributed by atoms with Crippen LogP contribution in [0.15, 0.2) is 35.9 Å². The number of rotatable bonds is 6.